The largest absolute Gasteiger partial charge is 0.317 e. The summed E-state index contributed by atoms with van der Waals surface area (Å²) in [7, 11) is -1.28. The van der Waals surface area contributed by atoms with E-state index >= 15 is 0 Å². The highest BCUT2D eigenvalue weighted by atomic mass is 32.2. The van der Waals surface area contributed by atoms with Gasteiger partial charge < -0.3 is 5.32 Å². The maximum Gasteiger partial charge on any atom is 0.214 e. The van der Waals surface area contributed by atoms with Crippen molar-refractivity contribution in [1.29, 1.82) is 0 Å². The van der Waals surface area contributed by atoms with Crippen LogP contribution in [0, 0.1) is 0 Å². The second-order valence-electron chi connectivity index (χ2n) is 4.83. The maximum atomic E-state index is 12.1. The summed E-state index contributed by atoms with van der Waals surface area (Å²) in [6.07, 6.45) is 6.11. The van der Waals surface area contributed by atoms with Crippen molar-refractivity contribution in [2.75, 3.05) is 25.9 Å². The molecule has 1 N–H and O–H groups in total. The molecule has 0 amide bonds. The molecule has 0 heterocycles. The summed E-state index contributed by atoms with van der Waals surface area (Å²) in [5.74, 6) is 0.297. The molecule has 1 fully saturated rings. The van der Waals surface area contributed by atoms with Gasteiger partial charge in [0.25, 0.3) is 0 Å². The molecular formula is C12H26N2O2S. The van der Waals surface area contributed by atoms with Crippen molar-refractivity contribution in [3.8, 4) is 0 Å². The predicted molar refractivity (Wildman–Crippen MR) is 71.6 cm³/mol. The zero-order valence-electron chi connectivity index (χ0n) is 11.1. The van der Waals surface area contributed by atoms with E-state index in [1.165, 1.54) is 12.8 Å². The minimum absolute atomic E-state index is 0.258. The van der Waals surface area contributed by atoms with Gasteiger partial charge in [0.2, 0.25) is 10.0 Å². The first-order valence-corrected chi connectivity index (χ1v) is 8.35. The Kier molecular flexibility index (Phi) is 6.44. The van der Waals surface area contributed by atoms with Gasteiger partial charge in [-0.25, -0.2) is 12.7 Å². The lowest BCUT2D eigenvalue weighted by Crippen LogP contribution is -2.36. The number of rotatable bonds is 8. The predicted octanol–water partition coefficient (Wildman–Crippen LogP) is 1.58. The Balaban J connectivity index is 2.29. The number of hydrogen-bond acceptors (Lipinski definition) is 3. The van der Waals surface area contributed by atoms with E-state index in [1.807, 2.05) is 0 Å². The van der Waals surface area contributed by atoms with Crippen molar-refractivity contribution in [3.63, 3.8) is 0 Å². The Morgan fingerprint density at radius 3 is 2.47 bits per heavy atom. The molecule has 5 heteroatoms. The minimum Gasteiger partial charge on any atom is -0.317 e. The fourth-order valence-corrected chi connectivity index (χ4v) is 3.87. The average Bonchev–Trinajstić information content (AvgIpc) is 2.81. The Bertz CT molecular complexity index is 298. The molecule has 1 saturated carbocycles. The van der Waals surface area contributed by atoms with Crippen LogP contribution in [0.5, 0.6) is 0 Å². The van der Waals surface area contributed by atoms with E-state index < -0.39 is 10.0 Å². The molecule has 0 saturated heterocycles. The Hall–Kier alpha value is -0.130. The first-order valence-electron chi connectivity index (χ1n) is 6.74. The van der Waals surface area contributed by atoms with E-state index in [-0.39, 0.29) is 6.04 Å². The quantitative estimate of drug-likeness (QED) is 0.676. The van der Waals surface area contributed by atoms with Crippen LogP contribution in [0.25, 0.3) is 0 Å². The van der Waals surface area contributed by atoms with Crippen LogP contribution in [0.15, 0.2) is 0 Å². The standard InChI is InChI=1S/C12H26N2O2S/c1-3-13-10-6-7-11-17(15,16)14(2)12-8-4-5-9-12/h12-13H,3-11H2,1-2H3. The molecule has 0 aromatic carbocycles. The van der Waals surface area contributed by atoms with Crippen LogP contribution < -0.4 is 5.32 Å². The SMILES string of the molecule is CCNCCCCS(=O)(=O)N(C)C1CCCC1. The van der Waals surface area contributed by atoms with Gasteiger partial charge in [0.05, 0.1) is 5.75 Å². The Morgan fingerprint density at radius 1 is 1.24 bits per heavy atom. The molecule has 0 bridgehead atoms. The highest BCUT2D eigenvalue weighted by molar-refractivity contribution is 7.89. The lowest BCUT2D eigenvalue weighted by atomic mass is 10.3. The van der Waals surface area contributed by atoms with Gasteiger partial charge >= 0.3 is 0 Å². The zero-order valence-corrected chi connectivity index (χ0v) is 11.9. The van der Waals surface area contributed by atoms with Crippen LogP contribution in [0.1, 0.15) is 45.4 Å². The van der Waals surface area contributed by atoms with Crippen molar-refractivity contribution >= 4 is 10.0 Å². The third-order valence-electron chi connectivity index (χ3n) is 3.53. The third-order valence-corrected chi connectivity index (χ3v) is 5.51. The van der Waals surface area contributed by atoms with Crippen molar-refractivity contribution in [2.45, 2.75) is 51.5 Å². The number of nitrogens with one attached hydrogen (secondary N) is 1. The van der Waals surface area contributed by atoms with Gasteiger partial charge in [-0.1, -0.05) is 19.8 Å². The molecule has 0 aromatic heterocycles. The fraction of sp³-hybridized carbons (Fsp3) is 1.00. The molecule has 1 rings (SSSR count). The minimum atomic E-state index is -3.03. The number of unbranched alkanes of at least 4 members (excludes halogenated alkanes) is 1. The molecule has 0 radical (unpaired) electrons. The molecule has 1 aliphatic rings. The summed E-state index contributed by atoms with van der Waals surface area (Å²) in [6.45, 7) is 3.93. The maximum absolute atomic E-state index is 12.1. The molecular weight excluding hydrogens is 236 g/mol. The van der Waals surface area contributed by atoms with Crippen molar-refractivity contribution in [1.82, 2.24) is 9.62 Å². The molecule has 0 unspecified atom stereocenters. The highest BCUT2D eigenvalue weighted by Crippen LogP contribution is 2.24. The van der Waals surface area contributed by atoms with Crippen molar-refractivity contribution in [2.24, 2.45) is 0 Å². The van der Waals surface area contributed by atoms with E-state index in [0.717, 1.165) is 38.8 Å². The van der Waals surface area contributed by atoms with E-state index in [2.05, 4.69) is 12.2 Å². The van der Waals surface area contributed by atoms with Gasteiger partial charge in [0.15, 0.2) is 0 Å². The Labute approximate surface area is 106 Å². The lowest BCUT2D eigenvalue weighted by molar-refractivity contribution is 0.372. The first-order chi connectivity index (χ1) is 8.08. The molecule has 0 aliphatic heterocycles. The summed E-state index contributed by atoms with van der Waals surface area (Å²) in [5.41, 5.74) is 0. The van der Waals surface area contributed by atoms with Gasteiger partial charge in [0, 0.05) is 13.1 Å². The van der Waals surface area contributed by atoms with Crippen LogP contribution in [-0.2, 0) is 10.0 Å². The molecule has 17 heavy (non-hydrogen) atoms. The topological polar surface area (TPSA) is 49.4 Å². The van der Waals surface area contributed by atoms with Gasteiger partial charge in [-0.2, -0.15) is 0 Å². The van der Waals surface area contributed by atoms with Gasteiger partial charge in [-0.15, -0.1) is 0 Å². The second-order valence-corrected chi connectivity index (χ2v) is 6.98. The van der Waals surface area contributed by atoms with Gasteiger partial charge in [-0.3, -0.25) is 0 Å². The lowest BCUT2D eigenvalue weighted by Gasteiger charge is -2.23. The van der Waals surface area contributed by atoms with Crippen LogP contribution in [0.2, 0.25) is 0 Å². The number of hydrogen-bond donors (Lipinski definition) is 1. The van der Waals surface area contributed by atoms with Crippen molar-refractivity contribution < 1.29 is 8.42 Å². The van der Waals surface area contributed by atoms with Gasteiger partial charge in [0.1, 0.15) is 0 Å². The number of nitrogens with zero attached hydrogens (tertiary/aromatic N) is 1. The first kappa shape index (κ1) is 14.9. The summed E-state index contributed by atoms with van der Waals surface area (Å²) in [4.78, 5) is 0. The molecule has 0 aromatic rings. The van der Waals surface area contributed by atoms with Crippen LogP contribution in [-0.4, -0.2) is 44.7 Å². The monoisotopic (exact) mass is 262 g/mol. The number of sulfonamides is 1. The normalized spacial score (nSPS) is 18.1. The van der Waals surface area contributed by atoms with E-state index in [9.17, 15) is 8.42 Å². The van der Waals surface area contributed by atoms with E-state index in [1.54, 1.807) is 11.4 Å². The molecule has 0 spiro atoms. The van der Waals surface area contributed by atoms with Crippen LogP contribution >= 0.6 is 0 Å². The van der Waals surface area contributed by atoms with Crippen LogP contribution in [0.4, 0.5) is 0 Å². The molecule has 1 aliphatic carbocycles. The molecule has 102 valence electrons. The van der Waals surface area contributed by atoms with Crippen LogP contribution in [0.3, 0.4) is 0 Å². The Morgan fingerprint density at radius 2 is 1.88 bits per heavy atom. The summed E-state index contributed by atoms with van der Waals surface area (Å²) < 4.78 is 25.7. The zero-order chi connectivity index (χ0) is 12.7. The molecule has 4 nitrogen and oxygen atoms in total. The van der Waals surface area contributed by atoms with Crippen molar-refractivity contribution in [3.05, 3.63) is 0 Å². The average molecular weight is 262 g/mol. The summed E-state index contributed by atoms with van der Waals surface area (Å²) in [5, 5.41) is 3.21. The smallest absolute Gasteiger partial charge is 0.214 e. The third kappa shape index (κ3) is 4.94. The highest BCUT2D eigenvalue weighted by Gasteiger charge is 2.27. The summed E-state index contributed by atoms with van der Waals surface area (Å²) in [6, 6.07) is 0.258. The summed E-state index contributed by atoms with van der Waals surface area (Å²) >= 11 is 0. The fourth-order valence-electron chi connectivity index (χ4n) is 2.35. The molecule has 0 atom stereocenters. The van der Waals surface area contributed by atoms with E-state index in [0.29, 0.717) is 5.75 Å². The van der Waals surface area contributed by atoms with E-state index in [4.69, 9.17) is 0 Å². The van der Waals surface area contributed by atoms with Gasteiger partial charge in [-0.05, 0) is 38.8 Å². The second kappa shape index (κ2) is 7.34.